The maximum absolute atomic E-state index is 12.8. The van der Waals surface area contributed by atoms with Crippen LogP contribution in [0.25, 0.3) is 0 Å². The van der Waals surface area contributed by atoms with Gasteiger partial charge >= 0.3 is 0 Å². The molecule has 1 aromatic carbocycles. The third-order valence-electron chi connectivity index (χ3n) is 4.05. The highest BCUT2D eigenvalue weighted by Crippen LogP contribution is 2.26. The standard InChI is InChI=1S/C17H25NO/c1-3-8-16(15-10-5-4-6-11-15)17(19)18-12-7-9-14(2)13-18/h4-6,10-11,14,16H,3,7-9,12-13H2,1-2H3. The number of piperidine rings is 1. The number of rotatable bonds is 4. The van der Waals surface area contributed by atoms with Crippen LogP contribution in [0, 0.1) is 5.92 Å². The van der Waals surface area contributed by atoms with Crippen LogP contribution >= 0.6 is 0 Å². The molecular formula is C17H25NO. The van der Waals surface area contributed by atoms with Crippen molar-refractivity contribution in [1.29, 1.82) is 0 Å². The van der Waals surface area contributed by atoms with Crippen molar-refractivity contribution in [2.45, 2.75) is 45.4 Å². The molecule has 2 atom stereocenters. The fraction of sp³-hybridized carbons (Fsp3) is 0.588. The van der Waals surface area contributed by atoms with Crippen molar-refractivity contribution < 1.29 is 4.79 Å². The second kappa shape index (κ2) is 6.74. The summed E-state index contributed by atoms with van der Waals surface area (Å²) in [6.45, 7) is 6.28. The SMILES string of the molecule is CCCC(C(=O)N1CCCC(C)C1)c1ccccc1. The molecule has 0 saturated carbocycles. The van der Waals surface area contributed by atoms with Crippen molar-refractivity contribution in [2.75, 3.05) is 13.1 Å². The van der Waals surface area contributed by atoms with E-state index in [4.69, 9.17) is 0 Å². The third-order valence-corrected chi connectivity index (χ3v) is 4.05. The topological polar surface area (TPSA) is 20.3 Å². The van der Waals surface area contributed by atoms with E-state index >= 15 is 0 Å². The normalized spacial score (nSPS) is 21.2. The van der Waals surface area contributed by atoms with Crippen LogP contribution in [-0.4, -0.2) is 23.9 Å². The van der Waals surface area contributed by atoms with Gasteiger partial charge < -0.3 is 4.90 Å². The predicted octanol–water partition coefficient (Wildman–Crippen LogP) is 3.83. The lowest BCUT2D eigenvalue weighted by molar-refractivity contribution is -0.134. The summed E-state index contributed by atoms with van der Waals surface area (Å²) in [5.41, 5.74) is 1.17. The van der Waals surface area contributed by atoms with Crippen LogP contribution in [0.2, 0.25) is 0 Å². The Morgan fingerprint density at radius 3 is 2.74 bits per heavy atom. The predicted molar refractivity (Wildman–Crippen MR) is 79.1 cm³/mol. The van der Waals surface area contributed by atoms with Crippen molar-refractivity contribution in [3.8, 4) is 0 Å². The summed E-state index contributed by atoms with van der Waals surface area (Å²) < 4.78 is 0. The fourth-order valence-corrected chi connectivity index (χ4v) is 3.02. The zero-order chi connectivity index (χ0) is 13.7. The molecule has 0 N–H and O–H groups in total. The minimum Gasteiger partial charge on any atom is -0.342 e. The van der Waals surface area contributed by atoms with E-state index in [-0.39, 0.29) is 5.92 Å². The molecule has 1 aromatic rings. The summed E-state index contributed by atoms with van der Waals surface area (Å²) in [6, 6.07) is 10.3. The van der Waals surface area contributed by atoms with E-state index in [1.165, 1.54) is 12.0 Å². The molecule has 1 saturated heterocycles. The maximum Gasteiger partial charge on any atom is 0.230 e. The second-order valence-electron chi connectivity index (χ2n) is 5.78. The lowest BCUT2D eigenvalue weighted by atomic mass is 9.91. The van der Waals surface area contributed by atoms with E-state index in [0.29, 0.717) is 11.8 Å². The van der Waals surface area contributed by atoms with Crippen LogP contribution < -0.4 is 0 Å². The number of nitrogens with zero attached hydrogens (tertiary/aromatic N) is 1. The van der Waals surface area contributed by atoms with E-state index < -0.39 is 0 Å². The van der Waals surface area contributed by atoms with Gasteiger partial charge in [0.15, 0.2) is 0 Å². The average molecular weight is 259 g/mol. The molecule has 104 valence electrons. The molecule has 0 aromatic heterocycles. The van der Waals surface area contributed by atoms with Crippen molar-refractivity contribution in [3.63, 3.8) is 0 Å². The van der Waals surface area contributed by atoms with Crippen LogP contribution in [0.1, 0.15) is 51.0 Å². The smallest absolute Gasteiger partial charge is 0.230 e. The molecule has 1 amide bonds. The molecule has 0 aliphatic carbocycles. The first-order chi connectivity index (χ1) is 9.22. The van der Waals surface area contributed by atoms with Gasteiger partial charge in [0.05, 0.1) is 5.92 Å². The van der Waals surface area contributed by atoms with Crippen molar-refractivity contribution in [1.82, 2.24) is 4.90 Å². The zero-order valence-electron chi connectivity index (χ0n) is 12.1. The van der Waals surface area contributed by atoms with Gasteiger partial charge in [0.1, 0.15) is 0 Å². The molecule has 2 rings (SSSR count). The van der Waals surface area contributed by atoms with Crippen LogP contribution in [-0.2, 0) is 4.79 Å². The molecule has 1 fully saturated rings. The molecule has 0 spiro atoms. The van der Waals surface area contributed by atoms with E-state index in [1.807, 2.05) is 18.2 Å². The molecular weight excluding hydrogens is 234 g/mol. The van der Waals surface area contributed by atoms with Gasteiger partial charge in [0.2, 0.25) is 5.91 Å². The van der Waals surface area contributed by atoms with Gasteiger partial charge in [0.25, 0.3) is 0 Å². The number of benzene rings is 1. The first-order valence-electron chi connectivity index (χ1n) is 7.56. The number of likely N-dealkylation sites (tertiary alicyclic amines) is 1. The molecule has 1 aliphatic rings. The second-order valence-corrected chi connectivity index (χ2v) is 5.78. The van der Waals surface area contributed by atoms with Gasteiger partial charge in [-0.05, 0) is 30.7 Å². The largest absolute Gasteiger partial charge is 0.342 e. The highest BCUT2D eigenvalue weighted by molar-refractivity contribution is 5.83. The molecule has 0 radical (unpaired) electrons. The number of hydrogen-bond donors (Lipinski definition) is 0. The highest BCUT2D eigenvalue weighted by atomic mass is 16.2. The maximum atomic E-state index is 12.8. The first kappa shape index (κ1) is 14.1. The summed E-state index contributed by atoms with van der Waals surface area (Å²) in [6.07, 6.45) is 4.41. The van der Waals surface area contributed by atoms with E-state index in [0.717, 1.165) is 32.4 Å². The van der Waals surface area contributed by atoms with Crippen LogP contribution in [0.15, 0.2) is 30.3 Å². The highest BCUT2D eigenvalue weighted by Gasteiger charge is 2.27. The number of amides is 1. The number of carbonyl (C=O) groups is 1. The number of carbonyl (C=O) groups excluding carboxylic acids is 1. The van der Waals surface area contributed by atoms with Gasteiger partial charge in [0, 0.05) is 13.1 Å². The minimum absolute atomic E-state index is 0.0523. The first-order valence-corrected chi connectivity index (χ1v) is 7.56. The van der Waals surface area contributed by atoms with E-state index in [9.17, 15) is 4.79 Å². The summed E-state index contributed by atoms with van der Waals surface area (Å²) in [5.74, 6) is 1.03. The Morgan fingerprint density at radius 2 is 2.11 bits per heavy atom. The van der Waals surface area contributed by atoms with Crippen LogP contribution in [0.3, 0.4) is 0 Å². The zero-order valence-corrected chi connectivity index (χ0v) is 12.1. The lowest BCUT2D eigenvalue weighted by Gasteiger charge is -2.33. The van der Waals surface area contributed by atoms with Crippen LogP contribution in [0.5, 0.6) is 0 Å². The Morgan fingerprint density at radius 1 is 1.37 bits per heavy atom. The average Bonchev–Trinajstić information content (AvgIpc) is 2.45. The van der Waals surface area contributed by atoms with Crippen molar-refractivity contribution in [2.24, 2.45) is 5.92 Å². The Kier molecular flexibility index (Phi) is 5.00. The Balaban J connectivity index is 2.12. The van der Waals surface area contributed by atoms with Gasteiger partial charge in [-0.1, -0.05) is 50.6 Å². The fourth-order valence-electron chi connectivity index (χ4n) is 3.02. The summed E-state index contributed by atoms with van der Waals surface area (Å²) in [7, 11) is 0. The Hall–Kier alpha value is -1.31. The molecule has 19 heavy (non-hydrogen) atoms. The molecule has 1 heterocycles. The Labute approximate surface area is 116 Å². The third kappa shape index (κ3) is 3.59. The van der Waals surface area contributed by atoms with Gasteiger partial charge in [-0.15, -0.1) is 0 Å². The van der Waals surface area contributed by atoms with Gasteiger partial charge in [-0.3, -0.25) is 4.79 Å². The van der Waals surface area contributed by atoms with Crippen molar-refractivity contribution in [3.05, 3.63) is 35.9 Å². The summed E-state index contributed by atoms with van der Waals surface area (Å²) >= 11 is 0. The molecule has 1 aliphatic heterocycles. The molecule has 0 bridgehead atoms. The minimum atomic E-state index is 0.0523. The molecule has 2 unspecified atom stereocenters. The van der Waals surface area contributed by atoms with E-state index in [1.54, 1.807) is 0 Å². The summed E-state index contributed by atoms with van der Waals surface area (Å²) in [5, 5.41) is 0. The molecule has 2 nitrogen and oxygen atoms in total. The van der Waals surface area contributed by atoms with Gasteiger partial charge in [-0.2, -0.15) is 0 Å². The van der Waals surface area contributed by atoms with Crippen LogP contribution in [0.4, 0.5) is 0 Å². The quantitative estimate of drug-likeness (QED) is 0.804. The van der Waals surface area contributed by atoms with E-state index in [2.05, 4.69) is 30.9 Å². The van der Waals surface area contributed by atoms with Crippen molar-refractivity contribution >= 4 is 5.91 Å². The summed E-state index contributed by atoms with van der Waals surface area (Å²) in [4.78, 5) is 14.8. The molecule has 2 heteroatoms. The van der Waals surface area contributed by atoms with Gasteiger partial charge in [-0.25, -0.2) is 0 Å². The number of hydrogen-bond acceptors (Lipinski definition) is 1. The lowest BCUT2D eigenvalue weighted by Crippen LogP contribution is -2.41. The monoisotopic (exact) mass is 259 g/mol. The Bertz CT molecular complexity index is 401.